The van der Waals surface area contributed by atoms with Gasteiger partial charge >= 0.3 is 5.97 Å². The summed E-state index contributed by atoms with van der Waals surface area (Å²) in [6.07, 6.45) is 0.387. The van der Waals surface area contributed by atoms with Gasteiger partial charge < -0.3 is 14.2 Å². The van der Waals surface area contributed by atoms with Gasteiger partial charge in [-0.05, 0) is 53.9 Å². The number of esters is 1. The van der Waals surface area contributed by atoms with E-state index in [0.29, 0.717) is 23.5 Å². The van der Waals surface area contributed by atoms with Crippen molar-refractivity contribution in [2.24, 2.45) is 0 Å². The van der Waals surface area contributed by atoms with Crippen LogP contribution in [0, 0.1) is 0 Å². The maximum atomic E-state index is 13.4. The van der Waals surface area contributed by atoms with Gasteiger partial charge in [0.05, 0.1) is 38.7 Å². The highest BCUT2D eigenvalue weighted by Gasteiger charge is 2.38. The third kappa shape index (κ3) is 4.26. The fourth-order valence-electron chi connectivity index (χ4n) is 3.49. The number of hydrogen-bond acceptors (Lipinski definition) is 6. The maximum Gasteiger partial charge on any atom is 0.307 e. The zero-order chi connectivity index (χ0) is 21.2. The Morgan fingerprint density at radius 1 is 1.10 bits per heavy atom. The van der Waals surface area contributed by atoms with E-state index >= 15 is 0 Å². The molecule has 1 aliphatic heterocycles. The first kappa shape index (κ1) is 21.6. The summed E-state index contributed by atoms with van der Waals surface area (Å²) >= 11 is 3.32. The lowest BCUT2D eigenvalue weighted by Gasteiger charge is -2.36. The van der Waals surface area contributed by atoms with Gasteiger partial charge in [0.15, 0.2) is 11.5 Å². The van der Waals surface area contributed by atoms with E-state index < -0.39 is 22.0 Å². The predicted octanol–water partition coefficient (Wildman–Crippen LogP) is 3.32. The smallest absolute Gasteiger partial charge is 0.307 e. The van der Waals surface area contributed by atoms with Crippen LogP contribution >= 0.6 is 15.9 Å². The number of ether oxygens (including phenoxy) is 3. The molecule has 0 aliphatic carbocycles. The summed E-state index contributed by atoms with van der Waals surface area (Å²) in [6.45, 7) is 0.239. The molecule has 0 spiro atoms. The first-order valence-electron chi connectivity index (χ1n) is 8.90. The number of hydrogen-bond donors (Lipinski definition) is 0. The van der Waals surface area contributed by atoms with Gasteiger partial charge in [-0.1, -0.05) is 15.9 Å². The molecule has 29 heavy (non-hydrogen) atoms. The molecule has 1 heterocycles. The van der Waals surface area contributed by atoms with Gasteiger partial charge in [0.1, 0.15) is 0 Å². The molecule has 0 aromatic heterocycles. The van der Waals surface area contributed by atoms with Crippen LogP contribution in [-0.2, 0) is 26.0 Å². The van der Waals surface area contributed by atoms with E-state index in [9.17, 15) is 13.2 Å². The topological polar surface area (TPSA) is 82.1 Å². The molecule has 7 nitrogen and oxygen atoms in total. The molecular weight excluding hydrogens is 462 g/mol. The van der Waals surface area contributed by atoms with Gasteiger partial charge in [-0.15, -0.1) is 0 Å². The number of carbonyl (C=O) groups is 1. The van der Waals surface area contributed by atoms with Crippen LogP contribution < -0.4 is 9.47 Å². The third-order valence-corrected chi connectivity index (χ3v) is 7.41. The quantitative estimate of drug-likeness (QED) is 0.586. The van der Waals surface area contributed by atoms with E-state index in [0.717, 1.165) is 10.0 Å². The van der Waals surface area contributed by atoms with Crippen molar-refractivity contribution in [3.63, 3.8) is 0 Å². The Morgan fingerprint density at radius 2 is 1.72 bits per heavy atom. The lowest BCUT2D eigenvalue weighted by atomic mass is 9.91. The maximum absolute atomic E-state index is 13.4. The number of carbonyl (C=O) groups excluding carboxylic acids is 1. The summed E-state index contributed by atoms with van der Waals surface area (Å²) in [5.74, 6) is 0.546. The van der Waals surface area contributed by atoms with Crippen molar-refractivity contribution in [1.82, 2.24) is 4.31 Å². The van der Waals surface area contributed by atoms with Crippen molar-refractivity contribution < 1.29 is 27.4 Å². The van der Waals surface area contributed by atoms with Crippen LogP contribution in [0.2, 0.25) is 0 Å². The number of halogens is 1. The Bertz CT molecular complexity index is 1010. The standard InChI is InChI=1S/C20H22BrNO6S/c1-26-18-10-13-8-9-22(29(24,25)15-6-4-14(21)5-7-15)17(12-20(23)28-3)16(13)11-19(18)27-2/h4-7,10-11,17H,8-9,12H2,1-3H3/t17-/m0/s1. The minimum atomic E-state index is -3.83. The SMILES string of the molecule is COC(=O)C[C@H]1c2cc(OC)c(OC)cc2CCN1S(=O)(=O)c1ccc(Br)cc1. The summed E-state index contributed by atoms with van der Waals surface area (Å²) in [5, 5.41) is 0. The highest BCUT2D eigenvalue weighted by molar-refractivity contribution is 9.10. The molecule has 1 atom stereocenters. The number of fused-ring (bicyclic) bond motifs is 1. The van der Waals surface area contributed by atoms with Crippen LogP contribution in [0.5, 0.6) is 11.5 Å². The van der Waals surface area contributed by atoms with E-state index in [4.69, 9.17) is 14.2 Å². The Hall–Kier alpha value is -2.10. The Morgan fingerprint density at radius 3 is 2.31 bits per heavy atom. The van der Waals surface area contributed by atoms with Crippen LogP contribution in [-0.4, -0.2) is 46.6 Å². The van der Waals surface area contributed by atoms with Crippen molar-refractivity contribution in [2.45, 2.75) is 23.8 Å². The van der Waals surface area contributed by atoms with E-state index in [1.165, 1.54) is 18.5 Å². The molecule has 0 saturated heterocycles. The van der Waals surface area contributed by atoms with Crippen LogP contribution in [0.3, 0.4) is 0 Å². The minimum absolute atomic E-state index is 0.102. The van der Waals surface area contributed by atoms with Crippen molar-refractivity contribution in [3.8, 4) is 11.5 Å². The second kappa shape index (κ2) is 8.73. The molecule has 0 saturated carbocycles. The molecule has 0 bridgehead atoms. The number of sulfonamides is 1. The Kier molecular flexibility index (Phi) is 6.50. The zero-order valence-corrected chi connectivity index (χ0v) is 18.7. The normalized spacial score (nSPS) is 16.8. The minimum Gasteiger partial charge on any atom is -0.493 e. The molecular formula is C20H22BrNO6S. The van der Waals surface area contributed by atoms with Crippen molar-refractivity contribution >= 4 is 31.9 Å². The van der Waals surface area contributed by atoms with E-state index in [1.54, 1.807) is 37.4 Å². The van der Waals surface area contributed by atoms with Crippen LogP contribution in [0.4, 0.5) is 0 Å². The summed E-state index contributed by atoms with van der Waals surface area (Å²) < 4.78 is 44.5. The number of methoxy groups -OCH3 is 3. The summed E-state index contributed by atoms with van der Waals surface area (Å²) in [6, 6.07) is 9.30. The number of rotatable bonds is 6. The van der Waals surface area contributed by atoms with Crippen molar-refractivity contribution in [2.75, 3.05) is 27.9 Å². The van der Waals surface area contributed by atoms with Gasteiger partial charge in [0.2, 0.25) is 10.0 Å². The largest absolute Gasteiger partial charge is 0.493 e. The second-order valence-electron chi connectivity index (χ2n) is 6.52. The summed E-state index contributed by atoms with van der Waals surface area (Å²) in [4.78, 5) is 12.3. The third-order valence-electron chi connectivity index (χ3n) is 4.96. The monoisotopic (exact) mass is 483 g/mol. The van der Waals surface area contributed by atoms with Crippen LogP contribution in [0.25, 0.3) is 0 Å². The Labute approximate surface area is 178 Å². The highest BCUT2D eigenvalue weighted by atomic mass is 79.9. The van der Waals surface area contributed by atoms with Crippen LogP contribution in [0.1, 0.15) is 23.6 Å². The molecule has 2 aromatic rings. The van der Waals surface area contributed by atoms with E-state index in [-0.39, 0.29) is 17.9 Å². The van der Waals surface area contributed by atoms with E-state index in [1.807, 2.05) is 6.07 Å². The lowest BCUT2D eigenvalue weighted by molar-refractivity contribution is -0.141. The molecule has 0 N–H and O–H groups in total. The molecule has 9 heteroatoms. The van der Waals surface area contributed by atoms with Gasteiger partial charge in [-0.25, -0.2) is 8.42 Å². The van der Waals surface area contributed by atoms with Gasteiger partial charge in [-0.2, -0.15) is 4.31 Å². The molecule has 3 rings (SSSR count). The highest BCUT2D eigenvalue weighted by Crippen LogP contribution is 2.41. The lowest BCUT2D eigenvalue weighted by Crippen LogP contribution is -2.41. The second-order valence-corrected chi connectivity index (χ2v) is 9.33. The average molecular weight is 484 g/mol. The number of benzene rings is 2. The summed E-state index contributed by atoms with van der Waals surface area (Å²) in [5.41, 5.74) is 1.62. The molecule has 0 radical (unpaired) electrons. The fourth-order valence-corrected chi connectivity index (χ4v) is 5.36. The van der Waals surface area contributed by atoms with Gasteiger partial charge in [0.25, 0.3) is 0 Å². The van der Waals surface area contributed by atoms with Crippen molar-refractivity contribution in [1.29, 1.82) is 0 Å². The first-order chi connectivity index (χ1) is 13.8. The molecule has 156 valence electrons. The molecule has 0 amide bonds. The van der Waals surface area contributed by atoms with Crippen molar-refractivity contribution in [3.05, 3.63) is 52.0 Å². The Balaban J connectivity index is 2.11. The van der Waals surface area contributed by atoms with Crippen LogP contribution in [0.15, 0.2) is 45.8 Å². The molecule has 0 fully saturated rings. The number of nitrogens with zero attached hydrogens (tertiary/aromatic N) is 1. The first-order valence-corrected chi connectivity index (χ1v) is 11.1. The average Bonchev–Trinajstić information content (AvgIpc) is 2.72. The summed E-state index contributed by atoms with van der Waals surface area (Å²) in [7, 11) is 0.516. The predicted molar refractivity (Wildman–Crippen MR) is 111 cm³/mol. The zero-order valence-electron chi connectivity index (χ0n) is 16.3. The van der Waals surface area contributed by atoms with Gasteiger partial charge in [-0.3, -0.25) is 4.79 Å². The fraction of sp³-hybridized carbons (Fsp3) is 0.350. The van der Waals surface area contributed by atoms with E-state index in [2.05, 4.69) is 15.9 Å². The van der Waals surface area contributed by atoms with Gasteiger partial charge in [0, 0.05) is 11.0 Å². The molecule has 0 unspecified atom stereocenters. The molecule has 1 aliphatic rings. The molecule has 2 aromatic carbocycles.